The Morgan fingerprint density at radius 2 is 2.00 bits per heavy atom. The molecule has 0 spiro atoms. The van der Waals surface area contributed by atoms with Crippen LogP contribution < -0.4 is 10.1 Å². The summed E-state index contributed by atoms with van der Waals surface area (Å²) < 4.78 is 6.73. The van der Waals surface area contributed by atoms with E-state index in [0.717, 1.165) is 12.3 Å². The highest BCUT2D eigenvalue weighted by molar-refractivity contribution is 14.1. The third kappa shape index (κ3) is 3.35. The lowest BCUT2D eigenvalue weighted by Crippen LogP contribution is -2.22. The fraction of sp³-hybridized carbons (Fsp3) is 0.375. The molecule has 0 aliphatic carbocycles. The maximum absolute atomic E-state index is 5.41. The van der Waals surface area contributed by atoms with Crippen LogP contribution in [0.3, 0.4) is 0 Å². The summed E-state index contributed by atoms with van der Waals surface area (Å²) >= 11 is 4.17. The summed E-state index contributed by atoms with van der Waals surface area (Å²) in [4.78, 5) is 0. The lowest BCUT2D eigenvalue weighted by Gasteiger charge is -2.21. The maximum Gasteiger partial charge on any atom is 0.122 e. The summed E-state index contributed by atoms with van der Waals surface area (Å²) in [7, 11) is 1.73. The first-order chi connectivity index (χ1) is 9.56. The second-order valence-corrected chi connectivity index (χ2v) is 7.66. The lowest BCUT2D eigenvalue weighted by molar-refractivity contribution is 0.411. The van der Waals surface area contributed by atoms with Crippen molar-refractivity contribution in [2.24, 2.45) is 0 Å². The van der Waals surface area contributed by atoms with Gasteiger partial charge in [-0.3, -0.25) is 0 Å². The topological polar surface area (TPSA) is 21.3 Å². The van der Waals surface area contributed by atoms with Crippen LogP contribution >= 0.6 is 33.9 Å². The molecule has 0 aliphatic rings. The van der Waals surface area contributed by atoms with Crippen LogP contribution in [0.4, 0.5) is 0 Å². The number of ether oxygens (including phenoxy) is 1. The molecule has 0 bridgehead atoms. The molecule has 2 nitrogen and oxygen atoms in total. The highest BCUT2D eigenvalue weighted by Crippen LogP contribution is 2.32. The maximum atomic E-state index is 5.41. The first-order valence-corrected chi connectivity index (χ1v) is 8.65. The van der Waals surface area contributed by atoms with Gasteiger partial charge in [0.05, 0.1) is 16.0 Å². The van der Waals surface area contributed by atoms with Crippen LogP contribution in [0, 0.1) is 16.7 Å². The van der Waals surface area contributed by atoms with Crippen molar-refractivity contribution < 1.29 is 4.74 Å². The minimum absolute atomic E-state index is 0.254. The van der Waals surface area contributed by atoms with Gasteiger partial charge in [-0.1, -0.05) is 13.0 Å². The van der Waals surface area contributed by atoms with Gasteiger partial charge in [0, 0.05) is 0 Å². The first-order valence-electron chi connectivity index (χ1n) is 6.69. The largest absolute Gasteiger partial charge is 0.496 e. The molecule has 0 saturated heterocycles. The van der Waals surface area contributed by atoms with Crippen molar-refractivity contribution in [1.29, 1.82) is 0 Å². The molecule has 1 aromatic carbocycles. The molecule has 1 aromatic heterocycles. The van der Waals surface area contributed by atoms with E-state index < -0.39 is 0 Å². The molecule has 2 rings (SSSR count). The van der Waals surface area contributed by atoms with E-state index in [1.807, 2.05) is 0 Å². The molecule has 4 heteroatoms. The van der Waals surface area contributed by atoms with E-state index in [1.165, 1.54) is 25.1 Å². The highest BCUT2D eigenvalue weighted by Gasteiger charge is 2.18. The average Bonchev–Trinajstić information content (AvgIpc) is 2.85. The number of hydrogen-bond acceptors (Lipinski definition) is 3. The molecule has 2 aromatic rings. The Morgan fingerprint density at radius 1 is 1.25 bits per heavy atom. The van der Waals surface area contributed by atoms with Crippen LogP contribution in [0.15, 0.2) is 23.6 Å². The first kappa shape index (κ1) is 15.8. The van der Waals surface area contributed by atoms with E-state index in [-0.39, 0.29) is 6.04 Å². The Kier molecular flexibility index (Phi) is 5.46. The Hall–Kier alpha value is -0.590. The van der Waals surface area contributed by atoms with Crippen molar-refractivity contribution in [1.82, 2.24) is 5.32 Å². The molecule has 0 fully saturated rings. The predicted octanol–water partition coefficient (Wildman–Crippen LogP) is 4.68. The van der Waals surface area contributed by atoms with E-state index in [1.54, 1.807) is 18.4 Å². The summed E-state index contributed by atoms with van der Waals surface area (Å²) in [6.45, 7) is 7.35. The summed E-state index contributed by atoms with van der Waals surface area (Å²) in [6.07, 6.45) is 0. The van der Waals surface area contributed by atoms with E-state index in [0.29, 0.717) is 0 Å². The van der Waals surface area contributed by atoms with Crippen molar-refractivity contribution >= 4 is 33.9 Å². The molecule has 108 valence electrons. The number of benzene rings is 1. The monoisotopic (exact) mass is 401 g/mol. The average molecular weight is 401 g/mol. The molecular formula is C16H20INOS. The van der Waals surface area contributed by atoms with Gasteiger partial charge in [0.2, 0.25) is 0 Å². The Bertz CT molecular complexity index is 594. The second kappa shape index (κ2) is 6.91. The van der Waals surface area contributed by atoms with Crippen LogP contribution in [0.5, 0.6) is 5.75 Å². The Labute approximate surface area is 138 Å². The van der Waals surface area contributed by atoms with Crippen LogP contribution in [0.2, 0.25) is 0 Å². The number of nitrogens with one attached hydrogen (secondary N) is 1. The third-order valence-corrected chi connectivity index (χ3v) is 5.23. The van der Waals surface area contributed by atoms with Crippen LogP contribution in [0.1, 0.15) is 35.2 Å². The Morgan fingerprint density at radius 3 is 2.55 bits per heavy atom. The zero-order valence-electron chi connectivity index (χ0n) is 12.3. The van der Waals surface area contributed by atoms with Gasteiger partial charge >= 0.3 is 0 Å². The second-order valence-electron chi connectivity index (χ2n) is 4.85. The minimum atomic E-state index is 0.254. The zero-order chi connectivity index (χ0) is 14.7. The fourth-order valence-electron chi connectivity index (χ4n) is 2.43. The summed E-state index contributed by atoms with van der Waals surface area (Å²) in [5.74, 6) is 0.960. The number of halogens is 1. The lowest BCUT2D eigenvalue weighted by atomic mass is 9.94. The molecular weight excluding hydrogens is 381 g/mol. The van der Waals surface area contributed by atoms with E-state index >= 15 is 0 Å². The molecule has 20 heavy (non-hydrogen) atoms. The number of hydrogen-bond donors (Lipinski definition) is 1. The van der Waals surface area contributed by atoms with Crippen molar-refractivity contribution in [3.63, 3.8) is 0 Å². The van der Waals surface area contributed by atoms with Gasteiger partial charge < -0.3 is 10.1 Å². The van der Waals surface area contributed by atoms with Crippen molar-refractivity contribution in [3.05, 3.63) is 48.7 Å². The van der Waals surface area contributed by atoms with E-state index in [9.17, 15) is 0 Å². The summed E-state index contributed by atoms with van der Waals surface area (Å²) in [5.41, 5.74) is 5.12. The van der Waals surface area contributed by atoms with Gasteiger partial charge in [0.15, 0.2) is 0 Å². The SMILES string of the molecule is CCNC(c1csc(I)c1)c1cc(C)c(OC)cc1C. The zero-order valence-corrected chi connectivity index (χ0v) is 15.3. The van der Waals surface area contributed by atoms with Crippen LogP contribution in [0.25, 0.3) is 0 Å². The summed E-state index contributed by atoms with van der Waals surface area (Å²) in [6, 6.07) is 6.89. The minimum Gasteiger partial charge on any atom is -0.496 e. The molecule has 1 unspecified atom stereocenters. The molecule has 0 aliphatic heterocycles. The smallest absolute Gasteiger partial charge is 0.122 e. The van der Waals surface area contributed by atoms with Gasteiger partial charge in [-0.2, -0.15) is 0 Å². The predicted molar refractivity (Wildman–Crippen MR) is 95.0 cm³/mol. The standard InChI is InChI=1S/C16H20INOS/c1-5-18-16(12-8-15(17)20-9-12)13-6-11(3)14(19-4)7-10(13)2/h6-9,16,18H,5H2,1-4H3. The summed E-state index contributed by atoms with van der Waals surface area (Å²) in [5, 5.41) is 5.84. The van der Waals surface area contributed by atoms with Crippen molar-refractivity contribution in [2.45, 2.75) is 26.8 Å². The van der Waals surface area contributed by atoms with Crippen molar-refractivity contribution in [2.75, 3.05) is 13.7 Å². The molecule has 0 radical (unpaired) electrons. The molecule has 1 heterocycles. The molecule has 0 saturated carbocycles. The van der Waals surface area contributed by atoms with Gasteiger partial charge in [0.1, 0.15) is 5.75 Å². The van der Waals surface area contributed by atoms with Gasteiger partial charge in [0.25, 0.3) is 0 Å². The van der Waals surface area contributed by atoms with Crippen molar-refractivity contribution in [3.8, 4) is 5.75 Å². The van der Waals surface area contributed by atoms with Gasteiger partial charge in [-0.15, -0.1) is 11.3 Å². The van der Waals surface area contributed by atoms with E-state index in [2.05, 4.69) is 72.3 Å². The van der Waals surface area contributed by atoms with Crippen LogP contribution in [-0.2, 0) is 0 Å². The molecule has 0 amide bonds. The van der Waals surface area contributed by atoms with E-state index in [4.69, 9.17) is 4.74 Å². The normalized spacial score (nSPS) is 12.4. The fourth-order valence-corrected chi connectivity index (χ4v) is 3.83. The van der Waals surface area contributed by atoms with Crippen LogP contribution in [-0.4, -0.2) is 13.7 Å². The molecule has 1 atom stereocenters. The highest BCUT2D eigenvalue weighted by atomic mass is 127. The number of aryl methyl sites for hydroxylation is 2. The quantitative estimate of drug-likeness (QED) is 0.735. The van der Waals surface area contributed by atoms with Gasteiger partial charge in [-0.25, -0.2) is 0 Å². The molecule has 1 N–H and O–H groups in total. The number of rotatable bonds is 5. The van der Waals surface area contributed by atoms with Gasteiger partial charge in [-0.05, 0) is 82.7 Å². The Balaban J connectivity index is 2.46. The third-order valence-electron chi connectivity index (χ3n) is 3.42. The number of thiophene rings is 1. The number of methoxy groups -OCH3 is 1.